The topological polar surface area (TPSA) is 38.1 Å². The first-order chi connectivity index (χ1) is 8.85. The van der Waals surface area contributed by atoms with Crippen molar-refractivity contribution in [1.82, 2.24) is 4.98 Å². The summed E-state index contributed by atoms with van der Waals surface area (Å²) in [6.07, 6.45) is 3.35. The highest BCUT2D eigenvalue weighted by molar-refractivity contribution is 7.99. The highest BCUT2D eigenvalue weighted by Crippen LogP contribution is 2.24. The molecular formula is C14H18N2OS. The van der Waals surface area contributed by atoms with E-state index in [-0.39, 0.29) is 0 Å². The third-order valence-electron chi connectivity index (χ3n) is 3.33. The number of fused-ring (bicyclic) bond motifs is 1. The van der Waals surface area contributed by atoms with E-state index in [1.54, 1.807) is 0 Å². The molecule has 2 aromatic rings. The number of aromatic nitrogens is 1. The lowest BCUT2D eigenvalue weighted by Crippen LogP contribution is -2.24. The van der Waals surface area contributed by atoms with Crippen molar-refractivity contribution < 1.29 is 4.42 Å². The quantitative estimate of drug-likeness (QED) is 0.915. The molecule has 1 saturated heterocycles. The Morgan fingerprint density at radius 2 is 2.22 bits per heavy atom. The molecule has 1 N–H and O–H groups in total. The molecule has 4 heteroatoms. The van der Waals surface area contributed by atoms with Gasteiger partial charge in [-0.15, -0.1) is 0 Å². The number of hydrogen-bond donors (Lipinski definition) is 1. The van der Waals surface area contributed by atoms with Crippen LogP contribution < -0.4 is 5.32 Å². The summed E-state index contributed by atoms with van der Waals surface area (Å²) in [5.74, 6) is 3.35. The van der Waals surface area contributed by atoms with Crippen LogP contribution in [0.4, 0.5) is 5.69 Å². The zero-order valence-electron chi connectivity index (χ0n) is 10.6. The van der Waals surface area contributed by atoms with Gasteiger partial charge in [-0.1, -0.05) is 6.92 Å². The Labute approximate surface area is 111 Å². The SMILES string of the molecule is CCc1nc2cc(NC3CCSCC3)ccc2o1. The van der Waals surface area contributed by atoms with Crippen molar-refractivity contribution in [3.05, 3.63) is 24.1 Å². The van der Waals surface area contributed by atoms with Crippen molar-refractivity contribution in [3.8, 4) is 0 Å². The van der Waals surface area contributed by atoms with E-state index in [4.69, 9.17) is 4.42 Å². The summed E-state index contributed by atoms with van der Waals surface area (Å²) in [5, 5.41) is 3.61. The number of rotatable bonds is 3. The fourth-order valence-corrected chi connectivity index (χ4v) is 3.40. The van der Waals surface area contributed by atoms with Gasteiger partial charge in [-0.05, 0) is 42.5 Å². The van der Waals surface area contributed by atoms with Crippen LogP contribution in [0.1, 0.15) is 25.7 Å². The predicted molar refractivity (Wildman–Crippen MR) is 77.4 cm³/mol. The molecule has 1 aromatic carbocycles. The van der Waals surface area contributed by atoms with Crippen LogP contribution in [0.15, 0.2) is 22.6 Å². The molecule has 0 saturated carbocycles. The zero-order chi connectivity index (χ0) is 12.4. The van der Waals surface area contributed by atoms with Crippen LogP contribution in [0.5, 0.6) is 0 Å². The Kier molecular flexibility index (Phi) is 3.46. The highest BCUT2D eigenvalue weighted by atomic mass is 32.2. The average molecular weight is 262 g/mol. The number of nitrogens with one attached hydrogen (secondary N) is 1. The Bertz CT molecular complexity index is 532. The van der Waals surface area contributed by atoms with Crippen molar-refractivity contribution in [1.29, 1.82) is 0 Å². The molecule has 0 atom stereocenters. The van der Waals surface area contributed by atoms with Crippen molar-refractivity contribution in [2.75, 3.05) is 16.8 Å². The second-order valence-electron chi connectivity index (χ2n) is 4.67. The van der Waals surface area contributed by atoms with Gasteiger partial charge in [-0.2, -0.15) is 11.8 Å². The summed E-state index contributed by atoms with van der Waals surface area (Å²) < 4.78 is 5.62. The van der Waals surface area contributed by atoms with E-state index in [9.17, 15) is 0 Å². The van der Waals surface area contributed by atoms with Gasteiger partial charge in [0.1, 0.15) is 5.52 Å². The monoisotopic (exact) mass is 262 g/mol. The maximum absolute atomic E-state index is 5.62. The minimum absolute atomic E-state index is 0.612. The molecule has 1 aliphatic rings. The molecule has 3 rings (SSSR count). The highest BCUT2D eigenvalue weighted by Gasteiger charge is 2.13. The molecule has 0 aliphatic carbocycles. The van der Waals surface area contributed by atoms with Gasteiger partial charge in [0.05, 0.1) is 0 Å². The third-order valence-corrected chi connectivity index (χ3v) is 4.38. The summed E-state index contributed by atoms with van der Waals surface area (Å²) in [4.78, 5) is 4.47. The molecule has 18 heavy (non-hydrogen) atoms. The molecule has 96 valence electrons. The molecule has 0 amide bonds. The van der Waals surface area contributed by atoms with Gasteiger partial charge in [0.25, 0.3) is 0 Å². The molecule has 0 bridgehead atoms. The van der Waals surface area contributed by atoms with Gasteiger partial charge >= 0.3 is 0 Å². The first-order valence-corrected chi connectivity index (χ1v) is 7.74. The van der Waals surface area contributed by atoms with E-state index in [1.807, 2.05) is 6.07 Å². The normalized spacial score (nSPS) is 17.2. The molecule has 0 unspecified atom stereocenters. The number of thioether (sulfide) groups is 1. The van der Waals surface area contributed by atoms with Crippen LogP contribution in [0.3, 0.4) is 0 Å². The molecule has 2 heterocycles. The van der Waals surface area contributed by atoms with Crippen LogP contribution in [0.2, 0.25) is 0 Å². The summed E-state index contributed by atoms with van der Waals surface area (Å²) in [5.41, 5.74) is 3.01. The van der Waals surface area contributed by atoms with E-state index < -0.39 is 0 Å². The zero-order valence-corrected chi connectivity index (χ0v) is 11.4. The van der Waals surface area contributed by atoms with Gasteiger partial charge in [0, 0.05) is 18.2 Å². The van der Waals surface area contributed by atoms with Crippen LogP contribution in [0, 0.1) is 0 Å². The van der Waals surface area contributed by atoms with E-state index in [0.717, 1.165) is 29.1 Å². The molecule has 1 fully saturated rings. The van der Waals surface area contributed by atoms with E-state index in [0.29, 0.717) is 6.04 Å². The van der Waals surface area contributed by atoms with Crippen LogP contribution >= 0.6 is 11.8 Å². The van der Waals surface area contributed by atoms with Gasteiger partial charge in [0.2, 0.25) is 0 Å². The first kappa shape index (κ1) is 11.9. The number of benzene rings is 1. The second kappa shape index (κ2) is 5.22. The standard InChI is InChI=1S/C14H18N2OS/c1-2-14-16-12-9-11(3-4-13(12)17-14)15-10-5-7-18-8-6-10/h3-4,9-10,15H,2,5-8H2,1H3. The molecular weight excluding hydrogens is 244 g/mol. The van der Waals surface area contributed by atoms with Crippen molar-refractivity contribution in [3.63, 3.8) is 0 Å². The lowest BCUT2D eigenvalue weighted by atomic mass is 10.1. The number of anilines is 1. The fourth-order valence-electron chi connectivity index (χ4n) is 2.29. The Morgan fingerprint density at radius 3 is 3.00 bits per heavy atom. The van der Waals surface area contributed by atoms with Gasteiger partial charge in [-0.3, -0.25) is 0 Å². The smallest absolute Gasteiger partial charge is 0.195 e. The average Bonchev–Trinajstić information content (AvgIpc) is 2.82. The lowest BCUT2D eigenvalue weighted by Gasteiger charge is -2.23. The van der Waals surface area contributed by atoms with Crippen molar-refractivity contribution in [2.24, 2.45) is 0 Å². The van der Waals surface area contributed by atoms with Crippen molar-refractivity contribution >= 4 is 28.5 Å². The summed E-state index contributed by atoms with van der Waals surface area (Å²) in [6, 6.07) is 6.82. The fraction of sp³-hybridized carbons (Fsp3) is 0.500. The minimum Gasteiger partial charge on any atom is -0.441 e. The molecule has 0 radical (unpaired) electrons. The van der Waals surface area contributed by atoms with Crippen LogP contribution in [-0.4, -0.2) is 22.5 Å². The largest absolute Gasteiger partial charge is 0.441 e. The lowest BCUT2D eigenvalue weighted by molar-refractivity contribution is 0.538. The van der Waals surface area contributed by atoms with Crippen LogP contribution in [0.25, 0.3) is 11.1 Å². The predicted octanol–water partition coefficient (Wildman–Crippen LogP) is 3.70. The van der Waals surface area contributed by atoms with Gasteiger partial charge in [0.15, 0.2) is 11.5 Å². The molecule has 1 aliphatic heterocycles. The number of oxazole rings is 1. The number of aryl methyl sites for hydroxylation is 1. The van der Waals surface area contributed by atoms with E-state index in [1.165, 1.54) is 24.3 Å². The first-order valence-electron chi connectivity index (χ1n) is 6.59. The Balaban J connectivity index is 1.79. The molecule has 3 nitrogen and oxygen atoms in total. The number of hydrogen-bond acceptors (Lipinski definition) is 4. The summed E-state index contributed by atoms with van der Waals surface area (Å²) >= 11 is 2.05. The number of nitrogens with zero attached hydrogens (tertiary/aromatic N) is 1. The van der Waals surface area contributed by atoms with E-state index in [2.05, 4.69) is 41.1 Å². The second-order valence-corrected chi connectivity index (χ2v) is 5.90. The summed E-state index contributed by atoms with van der Waals surface area (Å²) in [6.45, 7) is 2.06. The third kappa shape index (κ3) is 2.48. The van der Waals surface area contributed by atoms with Gasteiger partial charge in [-0.25, -0.2) is 4.98 Å². The molecule has 0 spiro atoms. The maximum atomic E-state index is 5.62. The van der Waals surface area contributed by atoms with Gasteiger partial charge < -0.3 is 9.73 Å². The van der Waals surface area contributed by atoms with E-state index >= 15 is 0 Å². The Morgan fingerprint density at radius 1 is 1.39 bits per heavy atom. The van der Waals surface area contributed by atoms with Crippen molar-refractivity contribution in [2.45, 2.75) is 32.2 Å². The Hall–Kier alpha value is -1.16. The molecule has 1 aromatic heterocycles. The van der Waals surface area contributed by atoms with Crippen LogP contribution in [-0.2, 0) is 6.42 Å². The minimum atomic E-state index is 0.612. The summed E-state index contributed by atoms with van der Waals surface area (Å²) in [7, 11) is 0. The maximum Gasteiger partial charge on any atom is 0.195 e.